The number of nitrogens with zero attached hydrogens (tertiary/aromatic N) is 1. The normalized spacial score (nSPS) is 21.7. The van der Waals surface area contributed by atoms with E-state index in [1.54, 1.807) is 0 Å². The molecule has 0 radical (unpaired) electrons. The zero-order chi connectivity index (χ0) is 12.5. The second-order valence-corrected chi connectivity index (χ2v) is 5.49. The summed E-state index contributed by atoms with van der Waals surface area (Å²) in [7, 11) is 0. The Hall–Kier alpha value is -0.620. The van der Waals surface area contributed by atoms with Crippen LogP contribution in [0.15, 0.2) is 22.7 Å². The predicted molar refractivity (Wildman–Crippen MR) is 80.1 cm³/mol. The highest BCUT2D eigenvalue weighted by Gasteiger charge is 2.31. The number of fused-ring (bicyclic) bond motifs is 1. The lowest BCUT2D eigenvalue weighted by Gasteiger charge is -2.27. The monoisotopic (exact) mass is 346 g/mol. The lowest BCUT2D eigenvalue weighted by molar-refractivity contribution is -0.131. The lowest BCUT2D eigenvalue weighted by Crippen LogP contribution is -2.49. The van der Waals surface area contributed by atoms with Gasteiger partial charge in [-0.15, -0.1) is 12.4 Å². The summed E-state index contributed by atoms with van der Waals surface area (Å²) in [6.07, 6.45) is 0.581. The molecule has 1 aromatic rings. The molecule has 0 bridgehead atoms. The highest BCUT2D eigenvalue weighted by Crippen LogP contribution is 2.31. The zero-order valence-electron chi connectivity index (χ0n) is 10.4. The van der Waals surface area contributed by atoms with Crippen molar-refractivity contribution < 1.29 is 9.53 Å². The third kappa shape index (κ3) is 2.94. The van der Waals surface area contributed by atoms with Crippen molar-refractivity contribution in [1.29, 1.82) is 0 Å². The summed E-state index contributed by atoms with van der Waals surface area (Å²) in [6.45, 7) is 2.80. The van der Waals surface area contributed by atoms with E-state index in [0.717, 1.165) is 29.7 Å². The van der Waals surface area contributed by atoms with Crippen molar-refractivity contribution in [3.05, 3.63) is 28.2 Å². The van der Waals surface area contributed by atoms with Gasteiger partial charge < -0.3 is 15.0 Å². The third-order valence-corrected chi connectivity index (χ3v) is 3.91. The van der Waals surface area contributed by atoms with E-state index >= 15 is 0 Å². The van der Waals surface area contributed by atoms with Gasteiger partial charge in [0.1, 0.15) is 6.10 Å². The van der Waals surface area contributed by atoms with Crippen LogP contribution in [0, 0.1) is 0 Å². The van der Waals surface area contributed by atoms with Crippen LogP contribution in [0.3, 0.4) is 0 Å². The van der Waals surface area contributed by atoms with Gasteiger partial charge in [0.05, 0.1) is 6.61 Å². The van der Waals surface area contributed by atoms with Crippen molar-refractivity contribution >= 4 is 39.9 Å². The van der Waals surface area contributed by atoms with Gasteiger partial charge in [0.2, 0.25) is 0 Å². The van der Waals surface area contributed by atoms with Crippen molar-refractivity contribution in [1.82, 2.24) is 5.32 Å². The summed E-state index contributed by atoms with van der Waals surface area (Å²) in [5, 5.41) is 3.19. The number of hydrogen-bond donors (Lipinski definition) is 1. The van der Waals surface area contributed by atoms with Crippen LogP contribution in [-0.2, 0) is 16.0 Å². The average Bonchev–Trinajstić information content (AvgIpc) is 2.82. The number of carbonyl (C=O) groups excluding carboxylic acids is 1. The summed E-state index contributed by atoms with van der Waals surface area (Å²) in [5.74, 6) is 0.0686. The van der Waals surface area contributed by atoms with E-state index in [2.05, 4.69) is 27.3 Å². The number of anilines is 1. The van der Waals surface area contributed by atoms with Gasteiger partial charge in [-0.3, -0.25) is 4.79 Å². The number of halogens is 2. The van der Waals surface area contributed by atoms with Gasteiger partial charge in [-0.25, -0.2) is 0 Å². The number of rotatable bonds is 1. The summed E-state index contributed by atoms with van der Waals surface area (Å²) in [4.78, 5) is 14.3. The van der Waals surface area contributed by atoms with Gasteiger partial charge in [0.15, 0.2) is 0 Å². The molecule has 0 saturated carbocycles. The molecule has 2 heterocycles. The summed E-state index contributed by atoms with van der Waals surface area (Å²) >= 11 is 3.46. The van der Waals surface area contributed by atoms with Gasteiger partial charge in [0, 0.05) is 29.8 Å². The molecule has 104 valence electrons. The van der Waals surface area contributed by atoms with Crippen molar-refractivity contribution in [2.75, 3.05) is 31.1 Å². The Morgan fingerprint density at radius 3 is 3.05 bits per heavy atom. The van der Waals surface area contributed by atoms with Crippen LogP contribution in [0.25, 0.3) is 0 Å². The van der Waals surface area contributed by atoms with Gasteiger partial charge in [-0.2, -0.15) is 0 Å². The van der Waals surface area contributed by atoms with Crippen LogP contribution in [-0.4, -0.2) is 38.3 Å². The number of morpholine rings is 1. The van der Waals surface area contributed by atoms with E-state index in [1.807, 2.05) is 17.0 Å². The number of benzene rings is 1. The molecule has 6 heteroatoms. The number of carbonyl (C=O) groups is 1. The molecule has 1 fully saturated rings. The molecule has 0 aliphatic carbocycles. The summed E-state index contributed by atoms with van der Waals surface area (Å²) in [6, 6.07) is 6.11. The van der Waals surface area contributed by atoms with E-state index in [1.165, 1.54) is 5.56 Å². The fourth-order valence-corrected chi connectivity index (χ4v) is 2.83. The fourth-order valence-electron chi connectivity index (χ4n) is 2.48. The highest BCUT2D eigenvalue weighted by molar-refractivity contribution is 9.10. The Morgan fingerprint density at radius 2 is 2.32 bits per heavy atom. The Labute approximate surface area is 127 Å². The van der Waals surface area contributed by atoms with E-state index in [4.69, 9.17) is 4.74 Å². The van der Waals surface area contributed by atoms with E-state index in [0.29, 0.717) is 13.2 Å². The minimum absolute atomic E-state index is 0. The molecule has 0 aromatic heterocycles. The molecule has 1 atom stereocenters. The molecular weight excluding hydrogens is 332 g/mol. The molecule has 1 unspecified atom stereocenters. The molecular formula is C13H16BrClN2O2. The van der Waals surface area contributed by atoms with Crippen molar-refractivity contribution in [3.63, 3.8) is 0 Å². The van der Waals surface area contributed by atoms with Crippen molar-refractivity contribution in [3.8, 4) is 0 Å². The minimum atomic E-state index is -0.344. The third-order valence-electron chi connectivity index (χ3n) is 3.41. The summed E-state index contributed by atoms with van der Waals surface area (Å²) in [5.41, 5.74) is 2.25. The molecule has 1 amide bonds. The molecule has 1 N–H and O–H groups in total. The second kappa shape index (κ2) is 6.22. The minimum Gasteiger partial charge on any atom is -0.366 e. The first-order chi connectivity index (χ1) is 8.75. The van der Waals surface area contributed by atoms with Gasteiger partial charge in [-0.1, -0.05) is 22.0 Å². The van der Waals surface area contributed by atoms with Crippen LogP contribution in [0.4, 0.5) is 5.69 Å². The smallest absolute Gasteiger partial charge is 0.257 e. The topological polar surface area (TPSA) is 41.6 Å². The van der Waals surface area contributed by atoms with Gasteiger partial charge >= 0.3 is 0 Å². The maximum Gasteiger partial charge on any atom is 0.257 e. The zero-order valence-corrected chi connectivity index (χ0v) is 12.8. The number of amides is 1. The highest BCUT2D eigenvalue weighted by atomic mass is 79.9. The van der Waals surface area contributed by atoms with E-state index < -0.39 is 0 Å². The van der Waals surface area contributed by atoms with Crippen molar-refractivity contribution in [2.24, 2.45) is 0 Å². The first kappa shape index (κ1) is 14.8. The standard InChI is InChI=1S/C13H15BrN2O2.ClH/c14-10-2-1-9-3-5-16(11(9)7-10)13(17)12-8-15-4-6-18-12;/h1-2,7,12,15H,3-6,8H2;1H. The fraction of sp³-hybridized carbons (Fsp3) is 0.462. The number of ether oxygens (including phenoxy) is 1. The van der Waals surface area contributed by atoms with Crippen LogP contribution in [0.2, 0.25) is 0 Å². The Kier molecular flexibility index (Phi) is 4.84. The van der Waals surface area contributed by atoms with Gasteiger partial charge in [0.25, 0.3) is 5.91 Å². The second-order valence-electron chi connectivity index (χ2n) is 4.58. The van der Waals surface area contributed by atoms with Crippen LogP contribution >= 0.6 is 28.3 Å². The lowest BCUT2D eigenvalue weighted by atomic mass is 10.2. The largest absolute Gasteiger partial charge is 0.366 e. The quantitative estimate of drug-likeness (QED) is 0.841. The maximum atomic E-state index is 12.4. The van der Waals surface area contributed by atoms with Gasteiger partial charge in [-0.05, 0) is 24.1 Å². The Morgan fingerprint density at radius 1 is 1.47 bits per heavy atom. The molecule has 3 rings (SSSR count). The van der Waals surface area contributed by atoms with E-state index in [9.17, 15) is 4.79 Å². The van der Waals surface area contributed by atoms with Crippen LogP contribution in [0.5, 0.6) is 0 Å². The van der Waals surface area contributed by atoms with E-state index in [-0.39, 0.29) is 24.4 Å². The summed E-state index contributed by atoms with van der Waals surface area (Å²) < 4.78 is 6.54. The molecule has 4 nitrogen and oxygen atoms in total. The number of hydrogen-bond acceptors (Lipinski definition) is 3. The molecule has 0 spiro atoms. The first-order valence-electron chi connectivity index (χ1n) is 6.18. The SMILES string of the molecule is Cl.O=C(C1CNCCO1)N1CCc2ccc(Br)cc21. The van der Waals surface area contributed by atoms with Crippen LogP contribution in [0.1, 0.15) is 5.56 Å². The molecule has 19 heavy (non-hydrogen) atoms. The average molecular weight is 348 g/mol. The first-order valence-corrected chi connectivity index (χ1v) is 6.97. The Bertz CT molecular complexity index is 478. The van der Waals surface area contributed by atoms with Crippen molar-refractivity contribution in [2.45, 2.75) is 12.5 Å². The number of nitrogens with one attached hydrogen (secondary N) is 1. The van der Waals surface area contributed by atoms with Crippen LogP contribution < -0.4 is 10.2 Å². The Balaban J connectivity index is 0.00000133. The molecule has 1 saturated heterocycles. The molecule has 2 aliphatic heterocycles. The predicted octanol–water partition coefficient (Wildman–Crippen LogP) is 1.75. The molecule has 1 aromatic carbocycles. The molecule has 2 aliphatic rings. The maximum absolute atomic E-state index is 12.4.